The molecule has 2 unspecified atom stereocenters. The van der Waals surface area contributed by atoms with Crippen molar-refractivity contribution in [2.24, 2.45) is 5.41 Å². The average molecular weight is 229 g/mol. The standard InChI is InChI=1S/C13H27NO2/c1-5-8-15-9-10-16-11-6-7-13(2,3)12(11)14-4/h11-12,14H,5-10H2,1-4H3. The lowest BCUT2D eigenvalue weighted by atomic mass is 9.87. The van der Waals surface area contributed by atoms with Crippen LogP contribution in [0.2, 0.25) is 0 Å². The van der Waals surface area contributed by atoms with Gasteiger partial charge in [0, 0.05) is 12.6 Å². The Labute approximate surface area is 99.9 Å². The summed E-state index contributed by atoms with van der Waals surface area (Å²) in [5.41, 5.74) is 0.351. The summed E-state index contributed by atoms with van der Waals surface area (Å²) in [6.45, 7) is 9.03. The van der Waals surface area contributed by atoms with Gasteiger partial charge in [0.2, 0.25) is 0 Å². The molecule has 1 fully saturated rings. The van der Waals surface area contributed by atoms with Crippen molar-refractivity contribution >= 4 is 0 Å². The second kappa shape index (κ2) is 6.58. The van der Waals surface area contributed by atoms with Crippen LogP contribution in [0.4, 0.5) is 0 Å². The highest BCUT2D eigenvalue weighted by Gasteiger charge is 2.41. The topological polar surface area (TPSA) is 30.5 Å². The van der Waals surface area contributed by atoms with Crippen molar-refractivity contribution in [3.8, 4) is 0 Å². The van der Waals surface area contributed by atoms with Crippen LogP contribution in [0.5, 0.6) is 0 Å². The molecule has 2 atom stereocenters. The van der Waals surface area contributed by atoms with Crippen LogP contribution in [-0.2, 0) is 9.47 Å². The average Bonchev–Trinajstić information content (AvgIpc) is 2.53. The molecule has 0 aromatic carbocycles. The molecule has 0 aromatic heterocycles. The molecular weight excluding hydrogens is 202 g/mol. The first kappa shape index (κ1) is 13.9. The summed E-state index contributed by atoms with van der Waals surface area (Å²) >= 11 is 0. The number of hydrogen-bond donors (Lipinski definition) is 1. The molecule has 0 radical (unpaired) electrons. The van der Waals surface area contributed by atoms with Gasteiger partial charge in [-0.05, 0) is 31.7 Å². The van der Waals surface area contributed by atoms with Crippen LogP contribution in [0.3, 0.4) is 0 Å². The lowest BCUT2D eigenvalue weighted by Gasteiger charge is -2.30. The third kappa shape index (κ3) is 3.72. The maximum Gasteiger partial charge on any atom is 0.0734 e. The van der Waals surface area contributed by atoms with Gasteiger partial charge in [-0.15, -0.1) is 0 Å². The number of rotatable bonds is 7. The van der Waals surface area contributed by atoms with E-state index in [0.29, 0.717) is 17.6 Å². The van der Waals surface area contributed by atoms with Crippen LogP contribution < -0.4 is 5.32 Å². The zero-order valence-electron chi connectivity index (χ0n) is 11.2. The van der Waals surface area contributed by atoms with Crippen LogP contribution in [0, 0.1) is 5.41 Å². The van der Waals surface area contributed by atoms with Crippen molar-refractivity contribution in [1.82, 2.24) is 5.32 Å². The minimum absolute atomic E-state index is 0.351. The summed E-state index contributed by atoms with van der Waals surface area (Å²) in [6, 6.07) is 0.471. The van der Waals surface area contributed by atoms with Crippen molar-refractivity contribution in [1.29, 1.82) is 0 Å². The molecule has 1 saturated carbocycles. The maximum atomic E-state index is 5.90. The second-order valence-corrected chi connectivity index (χ2v) is 5.32. The number of ether oxygens (including phenoxy) is 2. The minimum Gasteiger partial charge on any atom is -0.379 e. The van der Waals surface area contributed by atoms with E-state index >= 15 is 0 Å². The van der Waals surface area contributed by atoms with Gasteiger partial charge in [0.15, 0.2) is 0 Å². The molecule has 0 aliphatic heterocycles. The fourth-order valence-electron chi connectivity index (χ4n) is 2.60. The maximum absolute atomic E-state index is 5.90. The molecule has 0 saturated heterocycles. The third-order valence-electron chi connectivity index (χ3n) is 3.51. The van der Waals surface area contributed by atoms with E-state index in [9.17, 15) is 0 Å². The largest absolute Gasteiger partial charge is 0.379 e. The van der Waals surface area contributed by atoms with Crippen molar-refractivity contribution in [3.05, 3.63) is 0 Å². The highest BCUT2D eigenvalue weighted by Crippen LogP contribution is 2.38. The van der Waals surface area contributed by atoms with Gasteiger partial charge in [-0.1, -0.05) is 20.8 Å². The van der Waals surface area contributed by atoms with Crippen molar-refractivity contribution in [2.45, 2.75) is 52.2 Å². The van der Waals surface area contributed by atoms with E-state index < -0.39 is 0 Å². The first-order chi connectivity index (χ1) is 7.61. The Hall–Kier alpha value is -0.120. The van der Waals surface area contributed by atoms with Crippen LogP contribution in [0.25, 0.3) is 0 Å². The Morgan fingerprint density at radius 1 is 1.25 bits per heavy atom. The lowest BCUT2D eigenvalue weighted by molar-refractivity contribution is -0.00897. The van der Waals surface area contributed by atoms with Crippen LogP contribution >= 0.6 is 0 Å². The van der Waals surface area contributed by atoms with E-state index in [1.165, 1.54) is 6.42 Å². The predicted molar refractivity (Wildman–Crippen MR) is 66.7 cm³/mol. The van der Waals surface area contributed by atoms with E-state index in [1.807, 2.05) is 7.05 Å². The van der Waals surface area contributed by atoms with Crippen molar-refractivity contribution < 1.29 is 9.47 Å². The molecular formula is C13H27NO2. The van der Waals surface area contributed by atoms with Gasteiger partial charge in [-0.2, -0.15) is 0 Å². The third-order valence-corrected chi connectivity index (χ3v) is 3.51. The van der Waals surface area contributed by atoms with E-state index in [4.69, 9.17) is 9.47 Å². The molecule has 0 heterocycles. The molecule has 1 rings (SSSR count). The SMILES string of the molecule is CCCOCCOC1CCC(C)(C)C1NC. The van der Waals surface area contributed by atoms with E-state index in [-0.39, 0.29) is 0 Å². The molecule has 0 aromatic rings. The van der Waals surface area contributed by atoms with Gasteiger partial charge in [0.25, 0.3) is 0 Å². The molecule has 3 heteroatoms. The molecule has 3 nitrogen and oxygen atoms in total. The number of hydrogen-bond acceptors (Lipinski definition) is 3. The summed E-state index contributed by atoms with van der Waals surface area (Å²) in [5, 5.41) is 3.39. The highest BCUT2D eigenvalue weighted by molar-refractivity contribution is 4.96. The normalized spacial score (nSPS) is 28.5. The Morgan fingerprint density at radius 2 is 2.00 bits per heavy atom. The van der Waals surface area contributed by atoms with Gasteiger partial charge in [-0.3, -0.25) is 0 Å². The number of likely N-dealkylation sites (N-methyl/N-ethyl adjacent to an activating group) is 1. The van der Waals surface area contributed by atoms with Crippen LogP contribution in [-0.4, -0.2) is 39.0 Å². The first-order valence-corrected chi connectivity index (χ1v) is 6.48. The smallest absolute Gasteiger partial charge is 0.0734 e. The molecule has 96 valence electrons. The first-order valence-electron chi connectivity index (χ1n) is 6.48. The Bertz CT molecular complexity index is 194. The fourth-order valence-corrected chi connectivity index (χ4v) is 2.60. The Morgan fingerprint density at radius 3 is 2.62 bits per heavy atom. The zero-order valence-corrected chi connectivity index (χ0v) is 11.2. The summed E-state index contributed by atoms with van der Waals surface area (Å²) < 4.78 is 11.3. The van der Waals surface area contributed by atoms with Gasteiger partial charge in [-0.25, -0.2) is 0 Å². The predicted octanol–water partition coefficient (Wildman–Crippen LogP) is 2.21. The molecule has 0 spiro atoms. The molecule has 1 aliphatic rings. The molecule has 0 amide bonds. The molecule has 1 aliphatic carbocycles. The van der Waals surface area contributed by atoms with Gasteiger partial charge in [0.1, 0.15) is 0 Å². The van der Waals surface area contributed by atoms with Crippen LogP contribution in [0.15, 0.2) is 0 Å². The van der Waals surface area contributed by atoms with E-state index in [2.05, 4.69) is 26.1 Å². The van der Waals surface area contributed by atoms with E-state index in [0.717, 1.165) is 32.7 Å². The van der Waals surface area contributed by atoms with Gasteiger partial charge >= 0.3 is 0 Å². The summed E-state index contributed by atoms with van der Waals surface area (Å²) in [4.78, 5) is 0. The quantitative estimate of drug-likeness (QED) is 0.679. The lowest BCUT2D eigenvalue weighted by Crippen LogP contribution is -2.43. The zero-order chi connectivity index (χ0) is 12.0. The second-order valence-electron chi connectivity index (χ2n) is 5.32. The summed E-state index contributed by atoms with van der Waals surface area (Å²) in [5.74, 6) is 0. The van der Waals surface area contributed by atoms with Gasteiger partial charge < -0.3 is 14.8 Å². The van der Waals surface area contributed by atoms with Crippen LogP contribution in [0.1, 0.15) is 40.0 Å². The fraction of sp³-hybridized carbons (Fsp3) is 1.00. The van der Waals surface area contributed by atoms with Crippen molar-refractivity contribution in [2.75, 3.05) is 26.9 Å². The minimum atomic E-state index is 0.351. The summed E-state index contributed by atoms with van der Waals surface area (Å²) in [6.07, 6.45) is 3.83. The monoisotopic (exact) mass is 229 g/mol. The molecule has 0 bridgehead atoms. The van der Waals surface area contributed by atoms with Gasteiger partial charge in [0.05, 0.1) is 19.3 Å². The molecule has 1 N–H and O–H groups in total. The Balaban J connectivity index is 2.22. The summed E-state index contributed by atoms with van der Waals surface area (Å²) in [7, 11) is 2.03. The van der Waals surface area contributed by atoms with Crippen molar-refractivity contribution in [3.63, 3.8) is 0 Å². The number of nitrogens with one attached hydrogen (secondary N) is 1. The molecule has 16 heavy (non-hydrogen) atoms. The Kier molecular flexibility index (Phi) is 5.73. The highest BCUT2D eigenvalue weighted by atomic mass is 16.5. The van der Waals surface area contributed by atoms with E-state index in [1.54, 1.807) is 0 Å².